The molecule has 1 aliphatic heterocycles. The Balaban J connectivity index is 1.58. The number of ether oxygens (including phenoxy) is 1. The Morgan fingerprint density at radius 1 is 1.19 bits per heavy atom. The quantitative estimate of drug-likeness (QED) is 0.481. The van der Waals surface area contributed by atoms with Gasteiger partial charge in [0.25, 0.3) is 0 Å². The van der Waals surface area contributed by atoms with Crippen molar-refractivity contribution in [3.05, 3.63) is 53.2 Å². The van der Waals surface area contributed by atoms with Crippen LogP contribution in [0.1, 0.15) is 30.5 Å². The molecular formula is C23H27N7OS. The minimum absolute atomic E-state index is 0.193. The summed E-state index contributed by atoms with van der Waals surface area (Å²) < 4.78 is 6.04. The van der Waals surface area contributed by atoms with Gasteiger partial charge in [-0.2, -0.15) is 5.10 Å². The van der Waals surface area contributed by atoms with E-state index in [1.165, 1.54) is 11.1 Å². The molecule has 0 amide bonds. The Bertz CT molecular complexity index is 1200. The molecule has 0 radical (unpaired) electrons. The van der Waals surface area contributed by atoms with Gasteiger partial charge in [0.2, 0.25) is 0 Å². The molecule has 1 atom stereocenters. The van der Waals surface area contributed by atoms with Crippen molar-refractivity contribution < 1.29 is 4.74 Å². The van der Waals surface area contributed by atoms with E-state index < -0.39 is 0 Å². The van der Waals surface area contributed by atoms with Crippen LogP contribution in [0, 0.1) is 0 Å². The molecule has 166 valence electrons. The normalized spacial score (nSPS) is 16.9. The standard InChI is InChI=1S/C23H27N7OS/c1-4-18-24-21(28-27-18)17-12-30(10-11-31-17)22-20-16(15-8-6-5-7-9-15)14-32-23(20)26-19(25-22)13-29(2)3/h5-9,14,17H,4,10-13H2,1-3H3,(H,24,27,28). The zero-order chi connectivity index (χ0) is 22.1. The number of aryl methyl sites for hydroxylation is 1. The molecule has 0 spiro atoms. The van der Waals surface area contributed by atoms with Gasteiger partial charge in [0.05, 0.1) is 25.1 Å². The number of benzene rings is 1. The SMILES string of the molecule is CCc1nc(C2CN(c3nc(CN(C)C)nc4scc(-c5ccccc5)c34)CCO2)n[nH]1. The lowest BCUT2D eigenvalue weighted by Crippen LogP contribution is -2.39. The third-order valence-electron chi connectivity index (χ3n) is 5.54. The van der Waals surface area contributed by atoms with E-state index >= 15 is 0 Å². The molecule has 0 saturated carbocycles. The van der Waals surface area contributed by atoms with E-state index in [-0.39, 0.29) is 6.10 Å². The van der Waals surface area contributed by atoms with E-state index in [1.807, 2.05) is 20.2 Å². The minimum Gasteiger partial charge on any atom is -0.366 e. The number of fused-ring (bicyclic) bond motifs is 1. The summed E-state index contributed by atoms with van der Waals surface area (Å²) in [5.41, 5.74) is 2.35. The summed E-state index contributed by atoms with van der Waals surface area (Å²) in [5.74, 6) is 3.38. The van der Waals surface area contributed by atoms with Crippen molar-refractivity contribution >= 4 is 27.4 Å². The smallest absolute Gasteiger partial charge is 0.181 e. The maximum absolute atomic E-state index is 6.04. The highest BCUT2D eigenvalue weighted by Gasteiger charge is 2.29. The average molecular weight is 450 g/mol. The van der Waals surface area contributed by atoms with Crippen molar-refractivity contribution in [3.63, 3.8) is 0 Å². The van der Waals surface area contributed by atoms with Crippen molar-refractivity contribution in [2.24, 2.45) is 0 Å². The van der Waals surface area contributed by atoms with E-state index in [0.717, 1.165) is 40.6 Å². The van der Waals surface area contributed by atoms with Gasteiger partial charge in [-0.15, -0.1) is 11.3 Å². The third kappa shape index (κ3) is 4.11. The van der Waals surface area contributed by atoms with Crippen LogP contribution in [0.5, 0.6) is 0 Å². The molecule has 1 unspecified atom stereocenters. The number of nitrogens with zero attached hydrogens (tertiary/aromatic N) is 6. The van der Waals surface area contributed by atoms with Crippen LogP contribution in [0.15, 0.2) is 35.7 Å². The van der Waals surface area contributed by atoms with E-state index in [4.69, 9.17) is 14.7 Å². The van der Waals surface area contributed by atoms with Crippen molar-refractivity contribution in [2.45, 2.75) is 26.0 Å². The number of aromatic nitrogens is 5. The molecule has 32 heavy (non-hydrogen) atoms. The van der Waals surface area contributed by atoms with Crippen molar-refractivity contribution in [3.8, 4) is 11.1 Å². The largest absolute Gasteiger partial charge is 0.366 e. The highest BCUT2D eigenvalue weighted by molar-refractivity contribution is 7.17. The van der Waals surface area contributed by atoms with E-state index in [2.05, 4.69) is 61.6 Å². The highest BCUT2D eigenvalue weighted by atomic mass is 32.1. The van der Waals surface area contributed by atoms with Crippen molar-refractivity contribution in [1.29, 1.82) is 0 Å². The van der Waals surface area contributed by atoms with Crippen LogP contribution in [0.25, 0.3) is 21.3 Å². The van der Waals surface area contributed by atoms with Crippen LogP contribution < -0.4 is 4.90 Å². The first-order valence-electron chi connectivity index (χ1n) is 10.9. The molecular weight excluding hydrogens is 422 g/mol. The van der Waals surface area contributed by atoms with Gasteiger partial charge in [0.15, 0.2) is 5.82 Å². The number of hydrogen-bond acceptors (Lipinski definition) is 8. The fourth-order valence-corrected chi connectivity index (χ4v) is 4.95. The number of H-pyrrole nitrogens is 1. The monoisotopic (exact) mass is 449 g/mol. The second-order valence-corrected chi connectivity index (χ2v) is 9.05. The molecule has 1 N–H and O–H groups in total. The molecule has 1 aliphatic rings. The highest BCUT2D eigenvalue weighted by Crippen LogP contribution is 2.39. The van der Waals surface area contributed by atoms with E-state index in [1.54, 1.807) is 11.3 Å². The Morgan fingerprint density at radius 3 is 2.78 bits per heavy atom. The van der Waals surface area contributed by atoms with Gasteiger partial charge in [-0.05, 0) is 19.7 Å². The van der Waals surface area contributed by atoms with Gasteiger partial charge in [-0.3, -0.25) is 5.10 Å². The molecule has 3 aromatic heterocycles. The molecule has 4 heterocycles. The predicted molar refractivity (Wildman–Crippen MR) is 127 cm³/mol. The molecule has 0 aliphatic carbocycles. The summed E-state index contributed by atoms with van der Waals surface area (Å²) in [4.78, 5) is 19.9. The Morgan fingerprint density at radius 2 is 2.03 bits per heavy atom. The third-order valence-corrected chi connectivity index (χ3v) is 6.41. The summed E-state index contributed by atoms with van der Waals surface area (Å²) in [6, 6.07) is 10.5. The summed E-state index contributed by atoms with van der Waals surface area (Å²) in [7, 11) is 4.08. The number of rotatable bonds is 6. The zero-order valence-corrected chi connectivity index (χ0v) is 19.4. The molecule has 4 aromatic rings. The number of morpholine rings is 1. The summed E-state index contributed by atoms with van der Waals surface area (Å²) >= 11 is 1.67. The predicted octanol–water partition coefficient (Wildman–Crippen LogP) is 3.68. The van der Waals surface area contributed by atoms with Crippen LogP contribution in [0.2, 0.25) is 0 Å². The van der Waals surface area contributed by atoms with E-state index in [0.29, 0.717) is 25.5 Å². The van der Waals surface area contributed by atoms with Gasteiger partial charge in [0.1, 0.15) is 28.4 Å². The van der Waals surface area contributed by atoms with Crippen molar-refractivity contribution in [2.75, 3.05) is 38.7 Å². The first-order chi connectivity index (χ1) is 15.6. The molecule has 0 bridgehead atoms. The van der Waals surface area contributed by atoms with Gasteiger partial charge in [-0.1, -0.05) is 37.3 Å². The molecule has 8 nitrogen and oxygen atoms in total. The lowest BCUT2D eigenvalue weighted by Gasteiger charge is -2.33. The zero-order valence-electron chi connectivity index (χ0n) is 18.6. The lowest BCUT2D eigenvalue weighted by atomic mass is 10.1. The maximum Gasteiger partial charge on any atom is 0.181 e. The average Bonchev–Trinajstić information content (AvgIpc) is 3.46. The second-order valence-electron chi connectivity index (χ2n) is 8.20. The maximum atomic E-state index is 6.04. The number of anilines is 1. The number of thiophene rings is 1. The lowest BCUT2D eigenvalue weighted by molar-refractivity contribution is 0.0340. The Kier molecular flexibility index (Phi) is 5.86. The first-order valence-corrected chi connectivity index (χ1v) is 11.8. The molecule has 1 fully saturated rings. The molecule has 1 saturated heterocycles. The van der Waals surface area contributed by atoms with Crippen molar-refractivity contribution in [1.82, 2.24) is 30.0 Å². The first kappa shape index (κ1) is 21.0. The van der Waals surface area contributed by atoms with Crippen LogP contribution in [-0.2, 0) is 17.7 Å². The van der Waals surface area contributed by atoms with Crippen LogP contribution >= 0.6 is 11.3 Å². The van der Waals surface area contributed by atoms with Gasteiger partial charge in [0, 0.05) is 23.9 Å². The summed E-state index contributed by atoms with van der Waals surface area (Å²) in [6.07, 6.45) is 0.626. The van der Waals surface area contributed by atoms with Crippen LogP contribution in [-0.4, -0.2) is 63.8 Å². The van der Waals surface area contributed by atoms with Crippen LogP contribution in [0.3, 0.4) is 0 Å². The van der Waals surface area contributed by atoms with Gasteiger partial charge >= 0.3 is 0 Å². The number of aromatic amines is 1. The van der Waals surface area contributed by atoms with Gasteiger partial charge < -0.3 is 14.5 Å². The molecule has 9 heteroatoms. The van der Waals surface area contributed by atoms with Gasteiger partial charge in [-0.25, -0.2) is 15.0 Å². The van der Waals surface area contributed by atoms with E-state index in [9.17, 15) is 0 Å². The topological polar surface area (TPSA) is 83.1 Å². The Hall–Kier alpha value is -2.88. The summed E-state index contributed by atoms with van der Waals surface area (Å²) in [5, 5.41) is 10.7. The molecule has 5 rings (SSSR count). The number of hydrogen-bond donors (Lipinski definition) is 1. The fraction of sp³-hybridized carbons (Fsp3) is 0.391. The fourth-order valence-electron chi connectivity index (χ4n) is 3.99. The number of nitrogens with one attached hydrogen (secondary N) is 1. The second kappa shape index (κ2) is 8.93. The summed E-state index contributed by atoms with van der Waals surface area (Å²) in [6.45, 7) is 4.76. The Labute approximate surface area is 191 Å². The molecule has 1 aromatic carbocycles. The minimum atomic E-state index is -0.193. The van der Waals surface area contributed by atoms with Crippen LogP contribution in [0.4, 0.5) is 5.82 Å².